The van der Waals surface area contributed by atoms with Crippen molar-refractivity contribution in [2.75, 3.05) is 18.8 Å². The second-order valence-corrected chi connectivity index (χ2v) is 8.59. The molecule has 26 heavy (non-hydrogen) atoms. The molecule has 2 aromatic rings. The maximum Gasteiger partial charge on any atom is 0.303 e. The van der Waals surface area contributed by atoms with Crippen LogP contribution in [0.3, 0.4) is 0 Å². The van der Waals surface area contributed by atoms with Crippen LogP contribution >= 0.6 is 0 Å². The second-order valence-electron chi connectivity index (χ2n) is 7.02. The van der Waals surface area contributed by atoms with Crippen molar-refractivity contribution in [3.63, 3.8) is 0 Å². The third kappa shape index (κ3) is 4.71. The van der Waals surface area contributed by atoms with Crippen LogP contribution < -0.4 is 5.32 Å². The van der Waals surface area contributed by atoms with E-state index in [0.717, 1.165) is 53.6 Å². The van der Waals surface area contributed by atoms with Crippen molar-refractivity contribution in [1.29, 1.82) is 0 Å². The number of nitrogens with one attached hydrogen (secondary N) is 1. The molecule has 1 aromatic carbocycles. The minimum absolute atomic E-state index is 0.0561. The SMILES string of the molecule is Cn1c(CCC2CCNCC2)nc2ccc(S(=O)CCCC(=O)O)cc21. The van der Waals surface area contributed by atoms with E-state index in [1.54, 1.807) is 0 Å². The van der Waals surface area contributed by atoms with E-state index in [9.17, 15) is 9.00 Å². The molecule has 0 bridgehead atoms. The molecule has 0 radical (unpaired) electrons. The molecule has 142 valence electrons. The van der Waals surface area contributed by atoms with Crippen molar-refractivity contribution < 1.29 is 14.1 Å². The highest BCUT2D eigenvalue weighted by Crippen LogP contribution is 2.23. The Balaban J connectivity index is 1.68. The van der Waals surface area contributed by atoms with Gasteiger partial charge in [0.15, 0.2) is 0 Å². The zero-order valence-electron chi connectivity index (χ0n) is 15.2. The van der Waals surface area contributed by atoms with Gasteiger partial charge in [-0.25, -0.2) is 4.98 Å². The molecule has 1 unspecified atom stereocenters. The van der Waals surface area contributed by atoms with E-state index in [4.69, 9.17) is 10.1 Å². The van der Waals surface area contributed by atoms with Gasteiger partial charge in [-0.3, -0.25) is 9.00 Å². The Labute approximate surface area is 156 Å². The molecule has 1 saturated heterocycles. The van der Waals surface area contributed by atoms with Gasteiger partial charge >= 0.3 is 5.97 Å². The van der Waals surface area contributed by atoms with Crippen LogP contribution in [0.25, 0.3) is 11.0 Å². The molecule has 0 aliphatic carbocycles. The normalized spacial score (nSPS) is 16.8. The summed E-state index contributed by atoms with van der Waals surface area (Å²) in [5, 5.41) is 12.1. The zero-order valence-corrected chi connectivity index (χ0v) is 16.1. The predicted octanol–water partition coefficient (Wildman–Crippen LogP) is 2.48. The first-order chi connectivity index (χ1) is 12.5. The zero-order chi connectivity index (χ0) is 18.5. The highest BCUT2D eigenvalue weighted by molar-refractivity contribution is 7.85. The van der Waals surface area contributed by atoms with E-state index < -0.39 is 16.8 Å². The first kappa shape index (κ1) is 19.0. The summed E-state index contributed by atoms with van der Waals surface area (Å²) in [7, 11) is 0.844. The Morgan fingerprint density at radius 3 is 2.88 bits per heavy atom. The number of benzene rings is 1. The first-order valence-electron chi connectivity index (χ1n) is 9.31. The summed E-state index contributed by atoms with van der Waals surface area (Å²) in [5.74, 6) is 1.38. The summed E-state index contributed by atoms with van der Waals surface area (Å²) in [4.78, 5) is 16.1. The van der Waals surface area contributed by atoms with Gasteiger partial charge in [0.05, 0.1) is 21.8 Å². The molecule has 0 saturated carbocycles. The van der Waals surface area contributed by atoms with Gasteiger partial charge in [-0.2, -0.15) is 0 Å². The van der Waals surface area contributed by atoms with Crippen molar-refractivity contribution in [2.45, 2.75) is 43.4 Å². The number of hydrogen-bond acceptors (Lipinski definition) is 4. The summed E-state index contributed by atoms with van der Waals surface area (Å²) >= 11 is 0. The molecule has 0 amide bonds. The standard InChI is InChI=1S/C19H27N3O3S/c1-22-17-13-15(26(25)12-2-3-19(23)24)5-6-16(17)21-18(22)7-4-14-8-10-20-11-9-14/h5-6,13-14,20H,2-4,7-12H2,1H3,(H,23,24). The van der Waals surface area contributed by atoms with Crippen LogP contribution in [0.1, 0.15) is 37.9 Å². The number of fused-ring (bicyclic) bond motifs is 1. The molecular formula is C19H27N3O3S. The molecule has 2 heterocycles. The van der Waals surface area contributed by atoms with Crippen LogP contribution in [0.15, 0.2) is 23.1 Å². The van der Waals surface area contributed by atoms with Gasteiger partial charge in [-0.05, 0) is 62.9 Å². The maximum absolute atomic E-state index is 12.4. The average molecular weight is 378 g/mol. The van der Waals surface area contributed by atoms with E-state index in [1.165, 1.54) is 12.8 Å². The number of piperidine rings is 1. The first-order valence-corrected chi connectivity index (χ1v) is 10.6. The number of carbonyl (C=O) groups is 1. The lowest BCUT2D eigenvalue weighted by molar-refractivity contribution is -0.137. The van der Waals surface area contributed by atoms with Crippen LogP contribution in [0.5, 0.6) is 0 Å². The predicted molar refractivity (Wildman–Crippen MR) is 103 cm³/mol. The molecule has 1 aliphatic rings. The van der Waals surface area contributed by atoms with Crippen molar-refractivity contribution in [3.8, 4) is 0 Å². The molecule has 1 aromatic heterocycles. The van der Waals surface area contributed by atoms with E-state index in [1.807, 2.05) is 25.2 Å². The third-order valence-electron chi connectivity index (χ3n) is 5.16. The monoisotopic (exact) mass is 377 g/mol. The molecule has 6 nitrogen and oxygen atoms in total. The lowest BCUT2D eigenvalue weighted by Gasteiger charge is -2.22. The van der Waals surface area contributed by atoms with Crippen LogP contribution in [-0.2, 0) is 29.1 Å². The topological polar surface area (TPSA) is 84.2 Å². The molecule has 0 spiro atoms. The number of imidazole rings is 1. The highest BCUT2D eigenvalue weighted by atomic mass is 32.2. The van der Waals surface area contributed by atoms with Gasteiger partial charge in [-0.15, -0.1) is 0 Å². The number of carboxylic acid groups (broad SMARTS) is 1. The molecule has 1 aliphatic heterocycles. The fourth-order valence-electron chi connectivity index (χ4n) is 3.56. The second kappa shape index (κ2) is 8.77. The van der Waals surface area contributed by atoms with Crippen molar-refractivity contribution in [1.82, 2.24) is 14.9 Å². The number of aryl methyl sites for hydroxylation is 2. The van der Waals surface area contributed by atoms with Crippen LogP contribution in [0.2, 0.25) is 0 Å². The Morgan fingerprint density at radius 1 is 1.38 bits per heavy atom. The molecule has 7 heteroatoms. The summed E-state index contributed by atoms with van der Waals surface area (Å²) in [6.45, 7) is 2.23. The van der Waals surface area contributed by atoms with E-state index in [0.29, 0.717) is 12.2 Å². The van der Waals surface area contributed by atoms with Crippen molar-refractivity contribution in [2.24, 2.45) is 13.0 Å². The lowest BCUT2D eigenvalue weighted by atomic mass is 9.93. The number of aliphatic carboxylic acids is 1. The van der Waals surface area contributed by atoms with Gasteiger partial charge in [0.2, 0.25) is 0 Å². The molecule has 2 N–H and O–H groups in total. The van der Waals surface area contributed by atoms with Gasteiger partial charge in [-0.1, -0.05) is 0 Å². The summed E-state index contributed by atoms with van der Waals surface area (Å²) in [5.41, 5.74) is 1.92. The fourth-order valence-corrected chi connectivity index (χ4v) is 4.67. The summed E-state index contributed by atoms with van der Waals surface area (Å²) < 4.78 is 14.5. The minimum atomic E-state index is -1.17. The Morgan fingerprint density at radius 2 is 2.15 bits per heavy atom. The van der Waals surface area contributed by atoms with Crippen LogP contribution in [0, 0.1) is 5.92 Å². The number of aromatic nitrogens is 2. The number of nitrogens with zero attached hydrogens (tertiary/aromatic N) is 2. The van der Waals surface area contributed by atoms with E-state index in [2.05, 4.69) is 9.88 Å². The number of hydrogen-bond donors (Lipinski definition) is 2. The Kier molecular flexibility index (Phi) is 6.43. The van der Waals surface area contributed by atoms with Crippen LogP contribution in [-0.4, -0.2) is 43.7 Å². The Hall–Kier alpha value is -1.73. The smallest absolute Gasteiger partial charge is 0.303 e. The van der Waals surface area contributed by atoms with Crippen molar-refractivity contribution in [3.05, 3.63) is 24.0 Å². The van der Waals surface area contributed by atoms with Crippen molar-refractivity contribution >= 4 is 27.8 Å². The quantitative estimate of drug-likeness (QED) is 0.738. The van der Waals surface area contributed by atoms with E-state index >= 15 is 0 Å². The van der Waals surface area contributed by atoms with Gasteiger partial charge in [0, 0.05) is 30.5 Å². The molecule has 1 atom stereocenters. The average Bonchev–Trinajstić information content (AvgIpc) is 2.96. The lowest BCUT2D eigenvalue weighted by Crippen LogP contribution is -2.28. The third-order valence-corrected chi connectivity index (χ3v) is 6.60. The summed E-state index contributed by atoms with van der Waals surface area (Å²) in [6, 6.07) is 5.71. The number of carboxylic acids is 1. The van der Waals surface area contributed by atoms with Gasteiger partial charge < -0.3 is 15.0 Å². The van der Waals surface area contributed by atoms with E-state index in [-0.39, 0.29) is 6.42 Å². The molecule has 1 fully saturated rings. The minimum Gasteiger partial charge on any atom is -0.481 e. The fraction of sp³-hybridized carbons (Fsp3) is 0.579. The highest BCUT2D eigenvalue weighted by Gasteiger charge is 2.16. The maximum atomic E-state index is 12.4. The molecular weight excluding hydrogens is 350 g/mol. The van der Waals surface area contributed by atoms with Gasteiger partial charge in [0.1, 0.15) is 5.82 Å². The largest absolute Gasteiger partial charge is 0.481 e. The molecule has 3 rings (SSSR count). The van der Waals surface area contributed by atoms with Crippen LogP contribution in [0.4, 0.5) is 0 Å². The summed E-state index contributed by atoms with van der Waals surface area (Å²) in [6.07, 6.45) is 5.08. The van der Waals surface area contributed by atoms with Gasteiger partial charge in [0.25, 0.3) is 0 Å². The Bertz CT molecular complexity index is 797. The number of rotatable bonds is 8.